The minimum atomic E-state index is -0.216. The molecule has 1 heterocycles. The van der Waals surface area contributed by atoms with Gasteiger partial charge < -0.3 is 12.4 Å². The number of benzene rings is 1. The lowest BCUT2D eigenvalue weighted by Gasteiger charge is -1.96. The van der Waals surface area contributed by atoms with Crippen LogP contribution in [0.2, 0.25) is 0 Å². The van der Waals surface area contributed by atoms with Crippen molar-refractivity contribution in [1.29, 1.82) is 0 Å². The van der Waals surface area contributed by atoms with Crippen LogP contribution < -0.4 is 22.4 Å². The van der Waals surface area contributed by atoms with Crippen LogP contribution in [0, 0.1) is 0 Å². The average molecular weight is 336 g/mol. The fourth-order valence-electron chi connectivity index (χ4n) is 1.65. The molecule has 0 atom stereocenters. The van der Waals surface area contributed by atoms with Gasteiger partial charge >= 0.3 is 5.91 Å². The highest BCUT2D eigenvalue weighted by Crippen LogP contribution is 2.07. The molecule has 22 heavy (non-hydrogen) atoms. The van der Waals surface area contributed by atoms with Crippen LogP contribution in [0.3, 0.4) is 0 Å². The Bertz CT molecular complexity index is 643. The summed E-state index contributed by atoms with van der Waals surface area (Å²) in [4.78, 5) is 11.6. The Kier molecular flexibility index (Phi) is 7.89. The fraction of sp³-hybridized carbons (Fsp3) is 0.0625. The van der Waals surface area contributed by atoms with Crippen LogP contribution in [0.1, 0.15) is 5.56 Å². The summed E-state index contributed by atoms with van der Waals surface area (Å²) in [6.45, 7) is 0.207. The van der Waals surface area contributed by atoms with E-state index < -0.39 is 0 Å². The molecule has 0 saturated heterocycles. The highest BCUT2D eigenvalue weighted by atomic mass is 35.5. The van der Waals surface area contributed by atoms with Gasteiger partial charge in [-0.05, 0) is 11.6 Å². The summed E-state index contributed by atoms with van der Waals surface area (Å²) in [7, 11) is 0. The molecule has 2 rings (SSSR count). The Morgan fingerprint density at radius 2 is 1.77 bits per heavy atom. The second kappa shape index (κ2) is 9.71. The van der Waals surface area contributed by atoms with Gasteiger partial charge in [0.1, 0.15) is 0 Å². The molecule has 0 radical (unpaired) electrons. The normalized spacial score (nSPS) is 11.0. The number of aromatic nitrogens is 1. The van der Waals surface area contributed by atoms with Gasteiger partial charge in [-0.3, -0.25) is 4.79 Å². The predicted octanol–water partition coefficient (Wildman–Crippen LogP) is -0.640. The molecule has 1 aromatic carbocycles. The first-order valence-electron chi connectivity index (χ1n) is 6.42. The van der Waals surface area contributed by atoms with Crippen molar-refractivity contribution in [3.63, 3.8) is 0 Å². The number of hydrazone groups is 1. The highest BCUT2D eigenvalue weighted by Gasteiger charge is 2.06. The third-order valence-electron chi connectivity index (χ3n) is 2.58. The molecule has 0 bridgehead atoms. The second-order valence-corrected chi connectivity index (χ2v) is 4.72. The molecule has 0 saturated carbocycles. The van der Waals surface area contributed by atoms with Crippen LogP contribution in [-0.2, 0) is 11.3 Å². The molecular formula is C16H15Cl2N3O. The van der Waals surface area contributed by atoms with E-state index in [0.29, 0.717) is 5.03 Å². The van der Waals surface area contributed by atoms with Crippen LogP contribution in [-0.4, -0.2) is 12.1 Å². The largest absolute Gasteiger partial charge is 1.00 e. The maximum Gasteiger partial charge on any atom is 0.305 e. The molecule has 1 aromatic heterocycles. The fourth-order valence-corrected chi connectivity index (χ4v) is 1.83. The number of amides is 1. The summed E-state index contributed by atoms with van der Waals surface area (Å²) >= 11 is 6.01. The number of hydrogen-bond donors (Lipinski definition) is 1. The number of rotatable bonds is 5. The van der Waals surface area contributed by atoms with Crippen LogP contribution in [0.5, 0.6) is 0 Å². The first-order chi connectivity index (χ1) is 10.2. The predicted molar refractivity (Wildman–Crippen MR) is 83.5 cm³/mol. The van der Waals surface area contributed by atoms with Crippen molar-refractivity contribution < 1.29 is 21.8 Å². The number of carbonyl (C=O) groups excluding carboxylic acids is 1. The van der Waals surface area contributed by atoms with Gasteiger partial charge in [0.2, 0.25) is 6.54 Å². The maximum absolute atomic E-state index is 11.6. The molecule has 1 amide bonds. The quantitative estimate of drug-likeness (QED) is 0.441. The Morgan fingerprint density at radius 3 is 2.45 bits per heavy atom. The van der Waals surface area contributed by atoms with Gasteiger partial charge in [0, 0.05) is 12.1 Å². The Hall–Kier alpha value is -2.17. The zero-order valence-corrected chi connectivity index (χ0v) is 13.2. The molecule has 1 N–H and O–H groups in total. The number of nitrogens with zero attached hydrogens (tertiary/aromatic N) is 2. The van der Waals surface area contributed by atoms with Crippen LogP contribution in [0.15, 0.2) is 71.1 Å². The molecule has 4 nitrogen and oxygen atoms in total. The van der Waals surface area contributed by atoms with Gasteiger partial charge in [0.05, 0.1) is 11.2 Å². The van der Waals surface area contributed by atoms with Crippen LogP contribution >= 0.6 is 11.6 Å². The number of hydrogen-bond acceptors (Lipinski definition) is 2. The number of allylic oxidation sites excluding steroid dienone is 1. The van der Waals surface area contributed by atoms with Gasteiger partial charge in [-0.15, -0.1) is 0 Å². The van der Waals surface area contributed by atoms with Gasteiger partial charge in [0.25, 0.3) is 0 Å². The van der Waals surface area contributed by atoms with Crippen LogP contribution in [0.25, 0.3) is 6.08 Å². The van der Waals surface area contributed by atoms with E-state index in [0.717, 1.165) is 5.56 Å². The third-order valence-corrected chi connectivity index (χ3v) is 2.79. The maximum atomic E-state index is 11.6. The molecule has 0 unspecified atom stereocenters. The minimum absolute atomic E-state index is 0. The SMILES string of the molecule is O=C(C[n+]1ccccc1)N/N=C/C(Cl)=C\c1ccccc1.[Cl-]. The summed E-state index contributed by atoms with van der Waals surface area (Å²) in [5, 5.41) is 4.26. The zero-order chi connectivity index (χ0) is 14.9. The van der Waals surface area contributed by atoms with Gasteiger partial charge in [-0.1, -0.05) is 48.0 Å². The van der Waals surface area contributed by atoms with E-state index in [-0.39, 0.29) is 24.9 Å². The van der Waals surface area contributed by atoms with Crippen molar-refractivity contribution in [2.24, 2.45) is 5.10 Å². The summed E-state index contributed by atoms with van der Waals surface area (Å²) in [6.07, 6.45) is 6.79. The summed E-state index contributed by atoms with van der Waals surface area (Å²) < 4.78 is 1.76. The molecule has 0 aliphatic heterocycles. The van der Waals surface area contributed by atoms with Crippen molar-refractivity contribution in [2.45, 2.75) is 6.54 Å². The first kappa shape index (κ1) is 17.9. The first-order valence-corrected chi connectivity index (χ1v) is 6.80. The van der Waals surface area contributed by atoms with Gasteiger partial charge in [-0.25, -0.2) is 5.43 Å². The average Bonchev–Trinajstić information content (AvgIpc) is 2.49. The molecule has 2 aromatic rings. The number of nitrogens with one attached hydrogen (secondary N) is 1. The number of pyridine rings is 1. The van der Waals surface area contributed by atoms with E-state index in [1.54, 1.807) is 10.6 Å². The van der Waals surface area contributed by atoms with E-state index >= 15 is 0 Å². The Morgan fingerprint density at radius 1 is 1.14 bits per heavy atom. The van der Waals surface area contributed by atoms with E-state index in [9.17, 15) is 4.79 Å². The minimum Gasteiger partial charge on any atom is -1.00 e. The monoisotopic (exact) mass is 335 g/mol. The molecule has 6 heteroatoms. The lowest BCUT2D eigenvalue weighted by Crippen LogP contribution is -3.00. The molecule has 0 aliphatic rings. The summed E-state index contributed by atoms with van der Waals surface area (Å²) in [6, 6.07) is 15.2. The lowest BCUT2D eigenvalue weighted by atomic mass is 10.2. The van der Waals surface area contributed by atoms with Gasteiger partial charge in [-0.2, -0.15) is 9.67 Å². The Balaban J connectivity index is 0.00000242. The van der Waals surface area contributed by atoms with Gasteiger partial charge in [0.15, 0.2) is 12.4 Å². The molecular weight excluding hydrogens is 321 g/mol. The van der Waals surface area contributed by atoms with E-state index in [1.807, 2.05) is 60.9 Å². The Labute approximate surface area is 140 Å². The highest BCUT2D eigenvalue weighted by molar-refractivity contribution is 6.41. The molecule has 0 spiro atoms. The molecule has 114 valence electrons. The summed E-state index contributed by atoms with van der Waals surface area (Å²) in [5.74, 6) is -0.216. The number of halogens is 2. The summed E-state index contributed by atoms with van der Waals surface area (Å²) in [5.41, 5.74) is 3.40. The van der Waals surface area contributed by atoms with E-state index in [4.69, 9.17) is 11.6 Å². The standard InChI is InChI=1S/C16H14ClN3O.ClH/c17-15(11-14-7-3-1-4-8-14)12-18-19-16(21)13-20-9-5-2-6-10-20;/h1-12H,13H2;1H/b15-11+,18-12+;. The van der Waals surface area contributed by atoms with E-state index in [2.05, 4.69) is 10.5 Å². The topological polar surface area (TPSA) is 45.3 Å². The zero-order valence-electron chi connectivity index (χ0n) is 11.7. The second-order valence-electron chi connectivity index (χ2n) is 4.28. The van der Waals surface area contributed by atoms with Crippen molar-refractivity contribution in [3.05, 3.63) is 71.5 Å². The number of carbonyl (C=O) groups is 1. The van der Waals surface area contributed by atoms with E-state index in [1.165, 1.54) is 6.21 Å². The lowest BCUT2D eigenvalue weighted by molar-refractivity contribution is -0.684. The molecule has 0 aliphatic carbocycles. The van der Waals surface area contributed by atoms with Crippen LogP contribution in [0.4, 0.5) is 0 Å². The van der Waals surface area contributed by atoms with Crippen molar-refractivity contribution >= 4 is 29.8 Å². The third kappa shape index (κ3) is 6.52. The van der Waals surface area contributed by atoms with Crippen molar-refractivity contribution in [2.75, 3.05) is 0 Å². The molecule has 0 fully saturated rings. The smallest absolute Gasteiger partial charge is 0.305 e. The van der Waals surface area contributed by atoms with Crippen molar-refractivity contribution in [1.82, 2.24) is 5.43 Å². The van der Waals surface area contributed by atoms with Crippen molar-refractivity contribution in [3.8, 4) is 0 Å².